The number of anilines is 2. The summed E-state index contributed by atoms with van der Waals surface area (Å²) in [6, 6.07) is 14.4. The zero-order chi connectivity index (χ0) is 22.7. The van der Waals surface area contributed by atoms with E-state index in [1.807, 2.05) is 30.3 Å². The quantitative estimate of drug-likeness (QED) is 0.402. The number of ether oxygens (including phenoxy) is 1. The SMILES string of the molecule is CC(OC(=O)c1ccc(NC2CC2)c([N+](=O)[O-])c1)C(=O)N1CCN(c2ccccc2)CC1. The number of carbonyl (C=O) groups excluding carboxylic acids is 2. The lowest BCUT2D eigenvalue weighted by Gasteiger charge is -2.37. The third-order valence-corrected chi connectivity index (χ3v) is 5.71. The maximum Gasteiger partial charge on any atom is 0.339 e. The number of rotatable bonds is 7. The summed E-state index contributed by atoms with van der Waals surface area (Å²) in [6.07, 6.45) is 0.967. The molecule has 4 rings (SSSR count). The molecule has 1 heterocycles. The number of hydrogen-bond acceptors (Lipinski definition) is 7. The van der Waals surface area contributed by atoms with Crippen LogP contribution < -0.4 is 10.2 Å². The van der Waals surface area contributed by atoms with Crippen molar-refractivity contribution >= 4 is 28.9 Å². The van der Waals surface area contributed by atoms with E-state index in [0.29, 0.717) is 31.9 Å². The van der Waals surface area contributed by atoms with Crippen LogP contribution in [0.4, 0.5) is 17.1 Å². The van der Waals surface area contributed by atoms with Gasteiger partial charge in [0.15, 0.2) is 6.10 Å². The van der Waals surface area contributed by atoms with Gasteiger partial charge in [0.05, 0.1) is 10.5 Å². The molecule has 32 heavy (non-hydrogen) atoms. The molecule has 1 saturated heterocycles. The highest BCUT2D eigenvalue weighted by Gasteiger charge is 2.29. The Balaban J connectivity index is 1.34. The van der Waals surface area contributed by atoms with Gasteiger partial charge in [-0.2, -0.15) is 0 Å². The summed E-state index contributed by atoms with van der Waals surface area (Å²) in [7, 11) is 0. The van der Waals surface area contributed by atoms with Crippen LogP contribution in [0.5, 0.6) is 0 Å². The van der Waals surface area contributed by atoms with E-state index >= 15 is 0 Å². The van der Waals surface area contributed by atoms with E-state index in [2.05, 4.69) is 10.2 Å². The fourth-order valence-corrected chi connectivity index (χ4v) is 3.74. The van der Waals surface area contributed by atoms with Crippen molar-refractivity contribution in [1.29, 1.82) is 0 Å². The summed E-state index contributed by atoms with van der Waals surface area (Å²) in [5, 5.41) is 14.5. The molecule has 9 heteroatoms. The van der Waals surface area contributed by atoms with Gasteiger partial charge >= 0.3 is 5.97 Å². The van der Waals surface area contributed by atoms with E-state index in [9.17, 15) is 19.7 Å². The van der Waals surface area contributed by atoms with Crippen LogP contribution in [-0.2, 0) is 9.53 Å². The molecule has 1 amide bonds. The highest BCUT2D eigenvalue weighted by atomic mass is 16.6. The van der Waals surface area contributed by atoms with E-state index in [1.165, 1.54) is 25.1 Å². The summed E-state index contributed by atoms with van der Waals surface area (Å²) in [5.41, 5.74) is 1.36. The highest BCUT2D eigenvalue weighted by molar-refractivity contribution is 5.93. The monoisotopic (exact) mass is 438 g/mol. The molecule has 0 spiro atoms. The van der Waals surface area contributed by atoms with Crippen molar-refractivity contribution in [3.63, 3.8) is 0 Å². The largest absolute Gasteiger partial charge is 0.449 e. The minimum absolute atomic E-state index is 0.0478. The Morgan fingerprint density at radius 3 is 2.41 bits per heavy atom. The summed E-state index contributed by atoms with van der Waals surface area (Å²) < 4.78 is 5.34. The molecular weight excluding hydrogens is 412 g/mol. The van der Waals surface area contributed by atoms with Crippen molar-refractivity contribution < 1.29 is 19.2 Å². The van der Waals surface area contributed by atoms with Crippen LogP contribution in [0.15, 0.2) is 48.5 Å². The second kappa shape index (κ2) is 9.25. The number of nitro benzene ring substituents is 1. The molecule has 2 aromatic carbocycles. The van der Waals surface area contributed by atoms with E-state index in [1.54, 1.807) is 4.90 Å². The molecule has 0 bridgehead atoms. The Labute approximate surface area is 186 Å². The van der Waals surface area contributed by atoms with Crippen LogP contribution in [0.3, 0.4) is 0 Å². The molecule has 168 valence electrons. The number of nitrogens with one attached hydrogen (secondary N) is 1. The molecule has 1 atom stereocenters. The molecule has 1 N–H and O–H groups in total. The normalized spacial score (nSPS) is 16.9. The number of amides is 1. The molecule has 9 nitrogen and oxygen atoms in total. The summed E-state index contributed by atoms with van der Waals surface area (Å²) in [6.45, 7) is 3.97. The maximum atomic E-state index is 12.8. The predicted octanol–water partition coefficient (Wildman–Crippen LogP) is 3.06. The number of nitro groups is 1. The van der Waals surface area contributed by atoms with Crippen LogP contribution in [0.25, 0.3) is 0 Å². The lowest BCUT2D eigenvalue weighted by molar-refractivity contribution is -0.384. The van der Waals surface area contributed by atoms with E-state index in [0.717, 1.165) is 18.5 Å². The first-order valence-corrected chi connectivity index (χ1v) is 10.8. The maximum absolute atomic E-state index is 12.8. The van der Waals surface area contributed by atoms with Crippen LogP contribution in [0, 0.1) is 10.1 Å². The topological polar surface area (TPSA) is 105 Å². The van der Waals surface area contributed by atoms with Gasteiger partial charge < -0.3 is 19.9 Å². The molecule has 2 aromatic rings. The second-order valence-electron chi connectivity index (χ2n) is 8.10. The smallest absolute Gasteiger partial charge is 0.339 e. The first-order chi connectivity index (χ1) is 15.4. The Bertz CT molecular complexity index is 1000. The van der Waals surface area contributed by atoms with E-state index < -0.39 is 17.0 Å². The fraction of sp³-hybridized carbons (Fsp3) is 0.391. The molecule has 0 aromatic heterocycles. The summed E-state index contributed by atoms with van der Waals surface area (Å²) >= 11 is 0. The van der Waals surface area contributed by atoms with Crippen LogP contribution in [-0.4, -0.2) is 60.0 Å². The zero-order valence-corrected chi connectivity index (χ0v) is 17.9. The average Bonchev–Trinajstić information content (AvgIpc) is 3.63. The number of hydrogen-bond donors (Lipinski definition) is 1. The summed E-state index contributed by atoms with van der Waals surface area (Å²) in [4.78, 5) is 40.1. The van der Waals surface area contributed by atoms with Crippen LogP contribution in [0.2, 0.25) is 0 Å². The van der Waals surface area contributed by atoms with Crippen molar-refractivity contribution in [2.45, 2.75) is 31.9 Å². The number of esters is 1. The highest BCUT2D eigenvalue weighted by Crippen LogP contribution is 2.31. The van der Waals surface area contributed by atoms with Gasteiger partial charge in [-0.25, -0.2) is 4.79 Å². The van der Waals surface area contributed by atoms with Crippen molar-refractivity contribution in [2.75, 3.05) is 36.4 Å². The molecule has 1 aliphatic heterocycles. The van der Waals surface area contributed by atoms with Crippen molar-refractivity contribution in [2.24, 2.45) is 0 Å². The van der Waals surface area contributed by atoms with Gasteiger partial charge in [0.25, 0.3) is 11.6 Å². The van der Waals surface area contributed by atoms with Gasteiger partial charge in [-0.05, 0) is 44.0 Å². The Kier molecular flexibility index (Phi) is 6.25. The van der Waals surface area contributed by atoms with Gasteiger partial charge in [-0.3, -0.25) is 14.9 Å². The lowest BCUT2D eigenvalue weighted by atomic mass is 10.1. The van der Waals surface area contributed by atoms with Crippen molar-refractivity contribution in [1.82, 2.24) is 4.90 Å². The molecule has 1 saturated carbocycles. The third kappa shape index (κ3) is 4.99. The van der Waals surface area contributed by atoms with Gasteiger partial charge in [0.2, 0.25) is 0 Å². The third-order valence-electron chi connectivity index (χ3n) is 5.71. The zero-order valence-electron chi connectivity index (χ0n) is 17.9. The first kappa shape index (κ1) is 21.6. The van der Waals surface area contributed by atoms with Gasteiger partial charge in [-0.1, -0.05) is 18.2 Å². The van der Waals surface area contributed by atoms with E-state index in [4.69, 9.17) is 4.74 Å². The molecular formula is C23H26N4O5. The Hall–Kier alpha value is -3.62. The lowest BCUT2D eigenvalue weighted by Crippen LogP contribution is -2.51. The number of piperazine rings is 1. The average molecular weight is 438 g/mol. The number of para-hydroxylation sites is 1. The van der Waals surface area contributed by atoms with Gasteiger partial charge in [0, 0.05) is 44.0 Å². The number of benzene rings is 2. The van der Waals surface area contributed by atoms with Gasteiger partial charge in [0.1, 0.15) is 5.69 Å². The Morgan fingerprint density at radius 2 is 1.78 bits per heavy atom. The number of nitrogens with zero attached hydrogens (tertiary/aromatic N) is 3. The molecule has 1 unspecified atom stereocenters. The molecule has 2 aliphatic rings. The van der Waals surface area contributed by atoms with Gasteiger partial charge in [-0.15, -0.1) is 0 Å². The van der Waals surface area contributed by atoms with Crippen molar-refractivity contribution in [3.8, 4) is 0 Å². The van der Waals surface area contributed by atoms with E-state index in [-0.39, 0.29) is 23.2 Å². The predicted molar refractivity (Wildman–Crippen MR) is 120 cm³/mol. The molecule has 0 radical (unpaired) electrons. The number of carbonyl (C=O) groups is 2. The van der Waals surface area contributed by atoms with Crippen molar-refractivity contribution in [3.05, 3.63) is 64.2 Å². The fourth-order valence-electron chi connectivity index (χ4n) is 3.74. The first-order valence-electron chi connectivity index (χ1n) is 10.8. The Morgan fingerprint density at radius 1 is 1.09 bits per heavy atom. The molecule has 2 fully saturated rings. The minimum Gasteiger partial charge on any atom is -0.449 e. The second-order valence-corrected chi connectivity index (χ2v) is 8.10. The molecule has 1 aliphatic carbocycles. The standard InChI is InChI=1S/C23H26N4O5/c1-16(22(28)26-13-11-25(12-14-26)19-5-3-2-4-6-19)32-23(29)17-7-10-20(24-18-8-9-18)21(15-17)27(30)31/h2-7,10,15-16,18,24H,8-9,11-14H2,1H3. The summed E-state index contributed by atoms with van der Waals surface area (Å²) in [5.74, 6) is -1.03. The van der Waals surface area contributed by atoms with Crippen LogP contribution in [0.1, 0.15) is 30.1 Å². The van der Waals surface area contributed by atoms with Crippen LogP contribution >= 0.6 is 0 Å². The minimum atomic E-state index is -0.978.